The molecule has 0 aromatic heterocycles. The SMILES string of the molecule is CC[C@@H]1CN(C(=O)C2CCOCC2)CC[C@@H]1NC(=O)c1ccc(OC)cc1. The summed E-state index contributed by atoms with van der Waals surface area (Å²) in [6.45, 7) is 4.92. The third kappa shape index (κ3) is 4.80. The minimum atomic E-state index is -0.0645. The molecule has 6 heteroatoms. The minimum absolute atomic E-state index is 0.0645. The summed E-state index contributed by atoms with van der Waals surface area (Å²) in [6, 6.07) is 7.24. The van der Waals surface area contributed by atoms with Gasteiger partial charge in [-0.25, -0.2) is 0 Å². The Morgan fingerprint density at radius 3 is 2.52 bits per heavy atom. The van der Waals surface area contributed by atoms with Gasteiger partial charge in [-0.15, -0.1) is 0 Å². The first-order valence-electron chi connectivity index (χ1n) is 9.93. The molecule has 2 saturated heterocycles. The number of hydrogen-bond donors (Lipinski definition) is 1. The zero-order valence-corrected chi connectivity index (χ0v) is 16.3. The highest BCUT2D eigenvalue weighted by Gasteiger charge is 2.34. The first kappa shape index (κ1) is 19.7. The second-order valence-corrected chi connectivity index (χ2v) is 7.44. The Bertz CT molecular complexity index is 640. The first-order valence-corrected chi connectivity index (χ1v) is 9.93. The van der Waals surface area contributed by atoms with Crippen LogP contribution in [0.15, 0.2) is 24.3 Å². The smallest absolute Gasteiger partial charge is 0.251 e. The molecule has 0 radical (unpaired) electrons. The van der Waals surface area contributed by atoms with Crippen LogP contribution in [0.2, 0.25) is 0 Å². The third-order valence-electron chi connectivity index (χ3n) is 5.81. The van der Waals surface area contributed by atoms with Gasteiger partial charge in [0, 0.05) is 43.8 Å². The quantitative estimate of drug-likeness (QED) is 0.860. The number of piperidine rings is 1. The summed E-state index contributed by atoms with van der Waals surface area (Å²) in [5.74, 6) is 1.31. The second kappa shape index (κ2) is 9.22. The third-order valence-corrected chi connectivity index (χ3v) is 5.81. The average Bonchev–Trinajstić information content (AvgIpc) is 2.74. The van der Waals surface area contributed by atoms with Gasteiger partial charge in [0.25, 0.3) is 5.91 Å². The van der Waals surface area contributed by atoms with Gasteiger partial charge in [0.2, 0.25) is 5.91 Å². The molecule has 2 aliphatic rings. The molecule has 3 rings (SSSR count). The summed E-state index contributed by atoms with van der Waals surface area (Å²) < 4.78 is 10.5. The number of nitrogens with zero attached hydrogens (tertiary/aromatic N) is 1. The van der Waals surface area contributed by atoms with E-state index < -0.39 is 0 Å². The molecule has 1 aromatic rings. The van der Waals surface area contributed by atoms with Crippen molar-refractivity contribution < 1.29 is 19.1 Å². The summed E-state index contributed by atoms with van der Waals surface area (Å²) >= 11 is 0. The summed E-state index contributed by atoms with van der Waals surface area (Å²) in [6.07, 6.45) is 3.38. The molecule has 2 fully saturated rings. The molecule has 2 heterocycles. The van der Waals surface area contributed by atoms with Crippen LogP contribution in [0.25, 0.3) is 0 Å². The Kier molecular flexibility index (Phi) is 6.72. The van der Waals surface area contributed by atoms with Crippen LogP contribution >= 0.6 is 0 Å². The molecular weight excluding hydrogens is 344 g/mol. The molecule has 148 valence electrons. The van der Waals surface area contributed by atoms with Gasteiger partial charge in [-0.2, -0.15) is 0 Å². The van der Waals surface area contributed by atoms with E-state index in [0.29, 0.717) is 25.3 Å². The van der Waals surface area contributed by atoms with E-state index in [4.69, 9.17) is 9.47 Å². The van der Waals surface area contributed by atoms with Gasteiger partial charge in [0.05, 0.1) is 7.11 Å². The maximum absolute atomic E-state index is 12.8. The van der Waals surface area contributed by atoms with E-state index in [1.54, 1.807) is 31.4 Å². The Morgan fingerprint density at radius 1 is 1.19 bits per heavy atom. The van der Waals surface area contributed by atoms with E-state index in [1.165, 1.54) is 0 Å². The van der Waals surface area contributed by atoms with Crippen LogP contribution in [0, 0.1) is 11.8 Å². The lowest BCUT2D eigenvalue weighted by Gasteiger charge is -2.40. The number of nitrogens with one attached hydrogen (secondary N) is 1. The van der Waals surface area contributed by atoms with Crippen molar-refractivity contribution >= 4 is 11.8 Å². The van der Waals surface area contributed by atoms with Crippen LogP contribution < -0.4 is 10.1 Å². The summed E-state index contributed by atoms with van der Waals surface area (Å²) in [5, 5.41) is 3.17. The topological polar surface area (TPSA) is 67.9 Å². The minimum Gasteiger partial charge on any atom is -0.497 e. The van der Waals surface area contributed by atoms with Crippen molar-refractivity contribution in [1.82, 2.24) is 10.2 Å². The lowest BCUT2D eigenvalue weighted by atomic mass is 9.88. The predicted molar refractivity (Wildman–Crippen MR) is 103 cm³/mol. The maximum atomic E-state index is 12.8. The standard InChI is InChI=1S/C21H30N2O4/c1-3-15-14-23(21(25)17-9-12-27-13-10-17)11-8-19(15)22-20(24)16-4-6-18(26-2)7-5-16/h4-7,15,17,19H,3,8-14H2,1-2H3,(H,22,24)/t15-,19+/m1/s1. The van der Waals surface area contributed by atoms with Crippen LogP contribution in [0.4, 0.5) is 0 Å². The van der Waals surface area contributed by atoms with E-state index in [9.17, 15) is 9.59 Å². The van der Waals surface area contributed by atoms with Crippen LogP contribution in [-0.2, 0) is 9.53 Å². The Hall–Kier alpha value is -2.08. The van der Waals surface area contributed by atoms with Gasteiger partial charge in [0.1, 0.15) is 5.75 Å². The largest absolute Gasteiger partial charge is 0.497 e. The van der Waals surface area contributed by atoms with Gasteiger partial charge in [0.15, 0.2) is 0 Å². The van der Waals surface area contributed by atoms with Crippen molar-refractivity contribution in [2.45, 2.75) is 38.6 Å². The number of likely N-dealkylation sites (tertiary alicyclic amines) is 1. The van der Waals surface area contributed by atoms with Crippen LogP contribution in [0.5, 0.6) is 5.75 Å². The van der Waals surface area contributed by atoms with Crippen molar-refractivity contribution in [3.8, 4) is 5.75 Å². The fraction of sp³-hybridized carbons (Fsp3) is 0.619. The van der Waals surface area contributed by atoms with Crippen LogP contribution in [-0.4, -0.2) is 56.2 Å². The maximum Gasteiger partial charge on any atom is 0.251 e. The molecule has 0 unspecified atom stereocenters. The normalized spacial score (nSPS) is 23.7. The van der Waals surface area contributed by atoms with Crippen molar-refractivity contribution in [2.24, 2.45) is 11.8 Å². The van der Waals surface area contributed by atoms with Crippen LogP contribution in [0.1, 0.15) is 43.0 Å². The number of carbonyl (C=O) groups excluding carboxylic acids is 2. The van der Waals surface area contributed by atoms with E-state index in [2.05, 4.69) is 12.2 Å². The molecule has 0 spiro atoms. The van der Waals surface area contributed by atoms with Crippen molar-refractivity contribution in [3.05, 3.63) is 29.8 Å². The van der Waals surface area contributed by atoms with E-state index in [-0.39, 0.29) is 29.7 Å². The number of benzene rings is 1. The average molecular weight is 374 g/mol. The number of carbonyl (C=O) groups is 2. The van der Waals surface area contributed by atoms with Gasteiger partial charge < -0.3 is 19.7 Å². The number of amides is 2. The lowest BCUT2D eigenvalue weighted by Crippen LogP contribution is -2.53. The van der Waals surface area contributed by atoms with Crippen molar-refractivity contribution in [1.29, 1.82) is 0 Å². The van der Waals surface area contributed by atoms with Gasteiger partial charge >= 0.3 is 0 Å². The van der Waals surface area contributed by atoms with E-state index in [1.807, 2.05) is 4.90 Å². The zero-order valence-electron chi connectivity index (χ0n) is 16.3. The first-order chi connectivity index (χ1) is 13.1. The Labute approximate surface area is 161 Å². The molecule has 0 bridgehead atoms. The molecule has 6 nitrogen and oxygen atoms in total. The van der Waals surface area contributed by atoms with Crippen molar-refractivity contribution in [3.63, 3.8) is 0 Å². The fourth-order valence-corrected chi connectivity index (χ4v) is 4.03. The highest BCUT2D eigenvalue weighted by Crippen LogP contribution is 2.25. The Balaban J connectivity index is 1.57. The number of methoxy groups -OCH3 is 1. The van der Waals surface area contributed by atoms with E-state index in [0.717, 1.165) is 38.0 Å². The molecule has 1 aromatic carbocycles. The highest BCUT2D eigenvalue weighted by atomic mass is 16.5. The molecule has 0 saturated carbocycles. The van der Waals surface area contributed by atoms with Crippen molar-refractivity contribution in [2.75, 3.05) is 33.4 Å². The molecule has 2 amide bonds. The number of hydrogen-bond acceptors (Lipinski definition) is 4. The molecule has 0 aliphatic carbocycles. The summed E-state index contributed by atoms with van der Waals surface area (Å²) in [4.78, 5) is 27.4. The molecule has 2 aliphatic heterocycles. The van der Waals surface area contributed by atoms with Gasteiger partial charge in [-0.3, -0.25) is 9.59 Å². The second-order valence-electron chi connectivity index (χ2n) is 7.44. The predicted octanol–water partition coefficient (Wildman–Crippen LogP) is 2.48. The zero-order chi connectivity index (χ0) is 19.2. The lowest BCUT2D eigenvalue weighted by molar-refractivity contribution is -0.140. The molecule has 1 N–H and O–H groups in total. The van der Waals surface area contributed by atoms with Gasteiger partial charge in [-0.05, 0) is 55.9 Å². The van der Waals surface area contributed by atoms with Gasteiger partial charge in [-0.1, -0.05) is 6.92 Å². The van der Waals surface area contributed by atoms with Crippen LogP contribution in [0.3, 0.4) is 0 Å². The molecule has 27 heavy (non-hydrogen) atoms. The molecular formula is C21H30N2O4. The Morgan fingerprint density at radius 2 is 1.89 bits per heavy atom. The molecule has 2 atom stereocenters. The fourth-order valence-electron chi connectivity index (χ4n) is 4.03. The summed E-state index contributed by atoms with van der Waals surface area (Å²) in [5.41, 5.74) is 0.631. The number of ether oxygens (including phenoxy) is 2. The van der Waals surface area contributed by atoms with E-state index >= 15 is 0 Å². The summed E-state index contributed by atoms with van der Waals surface area (Å²) in [7, 11) is 1.61. The highest BCUT2D eigenvalue weighted by molar-refractivity contribution is 5.94. The monoisotopic (exact) mass is 374 g/mol. The number of rotatable bonds is 5.